The molecule has 0 bridgehead atoms. The molecular formula is C43H42ClFO7. The van der Waals surface area contributed by atoms with Gasteiger partial charge in [0.25, 0.3) is 0 Å². The van der Waals surface area contributed by atoms with E-state index in [9.17, 15) is 9.18 Å². The van der Waals surface area contributed by atoms with Crippen LogP contribution in [-0.4, -0.2) is 44.4 Å². The van der Waals surface area contributed by atoms with Crippen molar-refractivity contribution in [2.24, 2.45) is 0 Å². The highest BCUT2D eigenvalue weighted by molar-refractivity contribution is 6.31. The van der Waals surface area contributed by atoms with Crippen LogP contribution >= 0.6 is 11.6 Å². The molecule has 0 radical (unpaired) electrons. The molecule has 52 heavy (non-hydrogen) atoms. The summed E-state index contributed by atoms with van der Waals surface area (Å²) in [7, 11) is 1.51. The lowest BCUT2D eigenvalue weighted by Gasteiger charge is -2.51. The Balaban J connectivity index is 1.41. The van der Waals surface area contributed by atoms with E-state index < -0.39 is 36.0 Å². The predicted molar refractivity (Wildman–Crippen MR) is 197 cm³/mol. The van der Waals surface area contributed by atoms with Crippen molar-refractivity contribution in [1.29, 1.82) is 0 Å². The Bertz CT molecular complexity index is 1880. The van der Waals surface area contributed by atoms with Crippen molar-refractivity contribution >= 4 is 17.9 Å². The van der Waals surface area contributed by atoms with Gasteiger partial charge in [-0.05, 0) is 65.4 Å². The van der Waals surface area contributed by atoms with Crippen LogP contribution in [0.15, 0.2) is 127 Å². The number of methoxy groups -OCH3 is 1. The van der Waals surface area contributed by atoms with Crippen LogP contribution in [0.3, 0.4) is 0 Å². The first kappa shape index (κ1) is 37.4. The summed E-state index contributed by atoms with van der Waals surface area (Å²) in [6.07, 6.45) is -2.76. The van der Waals surface area contributed by atoms with Crippen LogP contribution in [0.1, 0.15) is 40.3 Å². The van der Waals surface area contributed by atoms with Crippen LogP contribution in [0.5, 0.6) is 5.75 Å². The minimum atomic E-state index is -1.66. The Kier molecular flexibility index (Phi) is 12.8. The monoisotopic (exact) mass is 724 g/mol. The molecule has 5 aromatic rings. The number of hydrogen-bond donors (Lipinski definition) is 0. The molecule has 0 unspecified atom stereocenters. The largest absolute Gasteiger partial charge is 0.491 e. The van der Waals surface area contributed by atoms with Gasteiger partial charge in [0.15, 0.2) is 17.9 Å². The molecule has 0 amide bonds. The van der Waals surface area contributed by atoms with E-state index in [0.29, 0.717) is 34.7 Å². The van der Waals surface area contributed by atoms with Crippen LogP contribution in [0.25, 0.3) is 0 Å². The van der Waals surface area contributed by atoms with Crippen LogP contribution in [0.2, 0.25) is 5.02 Å². The first-order valence-corrected chi connectivity index (χ1v) is 17.7. The van der Waals surface area contributed by atoms with E-state index >= 15 is 0 Å². The summed E-state index contributed by atoms with van der Waals surface area (Å²) in [5.74, 6) is -1.93. The van der Waals surface area contributed by atoms with Gasteiger partial charge in [0.2, 0.25) is 5.79 Å². The van der Waals surface area contributed by atoms with Crippen LogP contribution in [0.4, 0.5) is 4.39 Å². The number of rotatable bonds is 16. The minimum Gasteiger partial charge on any atom is -0.491 e. The maximum absolute atomic E-state index is 14.9. The van der Waals surface area contributed by atoms with Gasteiger partial charge in [-0.25, -0.2) is 4.39 Å². The third kappa shape index (κ3) is 8.78. The van der Waals surface area contributed by atoms with Gasteiger partial charge < -0.3 is 33.2 Å². The average Bonchev–Trinajstić information content (AvgIpc) is 3.18. The van der Waals surface area contributed by atoms with E-state index in [1.165, 1.54) is 13.2 Å². The fraction of sp³-hybridized carbons (Fsp3) is 0.279. The third-order valence-corrected chi connectivity index (χ3v) is 9.42. The van der Waals surface area contributed by atoms with Crippen LogP contribution < -0.4 is 4.74 Å². The van der Waals surface area contributed by atoms with Gasteiger partial charge in [0, 0.05) is 17.7 Å². The average molecular weight is 725 g/mol. The Morgan fingerprint density at radius 2 is 1.31 bits per heavy atom. The lowest BCUT2D eigenvalue weighted by Crippen LogP contribution is -2.65. The molecule has 0 aromatic heterocycles. The lowest BCUT2D eigenvalue weighted by molar-refractivity contribution is -0.373. The maximum Gasteiger partial charge on any atom is 0.225 e. The molecule has 6 rings (SSSR count). The summed E-state index contributed by atoms with van der Waals surface area (Å²) >= 11 is 6.76. The Hall–Kier alpha value is -4.41. The molecule has 1 heterocycles. The molecular weight excluding hydrogens is 683 g/mol. The molecule has 9 heteroatoms. The second kappa shape index (κ2) is 17.9. The zero-order valence-electron chi connectivity index (χ0n) is 29.2. The van der Waals surface area contributed by atoms with Crippen molar-refractivity contribution in [2.45, 2.75) is 63.4 Å². The lowest BCUT2D eigenvalue weighted by atomic mass is 9.86. The number of benzene rings is 5. The maximum atomic E-state index is 14.9. The topological polar surface area (TPSA) is 72.5 Å². The number of hydrogen-bond acceptors (Lipinski definition) is 7. The highest BCUT2D eigenvalue weighted by Gasteiger charge is 2.58. The predicted octanol–water partition coefficient (Wildman–Crippen LogP) is 8.62. The Labute approximate surface area is 309 Å². The van der Waals surface area contributed by atoms with Crippen LogP contribution in [0, 0.1) is 5.82 Å². The van der Waals surface area contributed by atoms with Gasteiger partial charge in [-0.15, -0.1) is 0 Å². The summed E-state index contributed by atoms with van der Waals surface area (Å²) in [6, 6.07) is 39.4. The molecule has 7 nitrogen and oxygen atoms in total. The van der Waals surface area contributed by atoms with Gasteiger partial charge in [-0.3, -0.25) is 0 Å². The summed E-state index contributed by atoms with van der Waals surface area (Å²) in [5, 5.41) is 0.467. The quantitative estimate of drug-likeness (QED) is 0.0944. The number of carbonyl (C=O) groups excluding carboxylic acids is 1. The molecule has 1 saturated heterocycles. The highest BCUT2D eigenvalue weighted by atomic mass is 35.5. The van der Waals surface area contributed by atoms with Gasteiger partial charge >= 0.3 is 0 Å². The van der Waals surface area contributed by atoms with E-state index in [4.69, 9.17) is 40.0 Å². The summed E-state index contributed by atoms with van der Waals surface area (Å²) in [4.78, 5) is 13.0. The second-order valence-corrected chi connectivity index (χ2v) is 12.9. The van der Waals surface area contributed by atoms with Crippen molar-refractivity contribution in [3.63, 3.8) is 0 Å². The summed E-state index contributed by atoms with van der Waals surface area (Å²) < 4.78 is 53.3. The number of ether oxygens (including phenoxy) is 6. The standard InChI is InChI=1S/C43H42ClFO7/c1-3-48-38-22-19-33(24-37(38)45)23-34-25-35(20-21-36(34)44)43(47-2)42(51-29-32-17-11-6-12-18-32)41(50-28-31-15-9-5-10-16-31)40(39(26-46)52-43)49-27-30-13-7-4-8-14-30/h4-22,24-26,39-42H,3,23,27-29H2,1-2H3/t39-,40-,41+,42-,43+/m1/s1. The van der Waals surface area contributed by atoms with Crippen molar-refractivity contribution in [1.82, 2.24) is 0 Å². The van der Waals surface area contributed by atoms with Crippen molar-refractivity contribution in [3.8, 4) is 5.75 Å². The highest BCUT2D eigenvalue weighted by Crippen LogP contribution is 2.44. The van der Waals surface area contributed by atoms with E-state index in [-0.39, 0.29) is 25.6 Å². The first-order valence-electron chi connectivity index (χ1n) is 17.3. The SMILES string of the molecule is CCOc1ccc(Cc2cc([C@]3(OC)O[C@H](C=O)[C@@H](OCc4ccccc4)[C@H](OCc4ccccc4)[C@H]3OCc3ccccc3)ccc2Cl)cc1F. The molecule has 0 saturated carbocycles. The summed E-state index contributed by atoms with van der Waals surface area (Å²) in [6.45, 7) is 2.77. The first-order chi connectivity index (χ1) is 25.4. The zero-order chi connectivity index (χ0) is 36.3. The molecule has 1 aliphatic heterocycles. The molecule has 270 valence electrons. The van der Waals surface area contributed by atoms with Gasteiger partial charge in [0.1, 0.15) is 24.4 Å². The molecule has 5 atom stereocenters. The van der Waals surface area contributed by atoms with E-state index in [2.05, 4.69) is 0 Å². The van der Waals surface area contributed by atoms with Crippen molar-refractivity contribution in [2.75, 3.05) is 13.7 Å². The number of halogens is 2. The molecule has 1 fully saturated rings. The molecule has 0 aliphatic carbocycles. The Morgan fingerprint density at radius 1 is 0.731 bits per heavy atom. The van der Waals surface area contributed by atoms with E-state index in [0.717, 1.165) is 23.0 Å². The number of carbonyl (C=O) groups is 1. The van der Waals surface area contributed by atoms with Gasteiger partial charge in [-0.1, -0.05) is 115 Å². The second-order valence-electron chi connectivity index (χ2n) is 12.5. The smallest absolute Gasteiger partial charge is 0.225 e. The van der Waals surface area contributed by atoms with Crippen molar-refractivity contribution < 1.29 is 37.6 Å². The zero-order valence-corrected chi connectivity index (χ0v) is 29.9. The van der Waals surface area contributed by atoms with Gasteiger partial charge in [0.05, 0.1) is 26.4 Å². The van der Waals surface area contributed by atoms with Gasteiger partial charge in [-0.2, -0.15) is 0 Å². The molecule has 0 spiro atoms. The fourth-order valence-electron chi connectivity index (χ4n) is 6.48. The van der Waals surface area contributed by atoms with E-state index in [1.54, 1.807) is 31.2 Å². The molecule has 5 aromatic carbocycles. The number of aldehydes is 1. The van der Waals surface area contributed by atoms with E-state index in [1.807, 2.05) is 97.1 Å². The molecule has 1 aliphatic rings. The third-order valence-electron chi connectivity index (χ3n) is 9.05. The van der Waals surface area contributed by atoms with Crippen LogP contribution in [-0.2, 0) is 60.5 Å². The molecule has 0 N–H and O–H groups in total. The fourth-order valence-corrected chi connectivity index (χ4v) is 6.66. The Morgan fingerprint density at radius 3 is 1.85 bits per heavy atom. The normalized spacial score (nSPS) is 21.5. The van der Waals surface area contributed by atoms with Crippen molar-refractivity contribution in [3.05, 3.63) is 172 Å². The summed E-state index contributed by atoms with van der Waals surface area (Å²) in [5.41, 5.74) is 4.70. The minimum absolute atomic E-state index is 0.184.